The average Bonchev–Trinajstić information content (AvgIpc) is 2.06. The van der Waals surface area contributed by atoms with Crippen LogP contribution in [0.3, 0.4) is 0 Å². The third-order valence-corrected chi connectivity index (χ3v) is 1.93. The molecule has 0 aliphatic rings. The molecule has 0 saturated carbocycles. The molecule has 0 spiro atoms. The molecule has 0 unspecified atom stereocenters. The van der Waals surface area contributed by atoms with E-state index in [9.17, 15) is 0 Å². The van der Waals surface area contributed by atoms with E-state index in [4.69, 9.17) is 0 Å². The van der Waals surface area contributed by atoms with Gasteiger partial charge in [-0.25, -0.2) is 0 Å². The van der Waals surface area contributed by atoms with Gasteiger partial charge < -0.3 is 0 Å². The van der Waals surface area contributed by atoms with Gasteiger partial charge in [0.15, 0.2) is 0 Å². The summed E-state index contributed by atoms with van der Waals surface area (Å²) in [6, 6.07) is 10.4. The molecular weight excluding hydrogens is 144 g/mol. The Bertz CT molecular complexity index is 296. The predicted molar refractivity (Wildman–Crippen MR) is 52.9 cm³/mol. The molecule has 0 nitrogen and oxygen atoms in total. The highest BCUT2D eigenvalue weighted by atomic mass is 14.2. The van der Waals surface area contributed by atoms with Gasteiger partial charge in [-0.1, -0.05) is 36.3 Å². The fraction of sp³-hybridized carbons (Fsp3) is 0.333. The molecule has 0 aliphatic heterocycles. The largest absolute Gasteiger partial charge is 0.106 e. The van der Waals surface area contributed by atoms with Crippen molar-refractivity contribution >= 4 is 0 Å². The summed E-state index contributed by atoms with van der Waals surface area (Å²) in [6.07, 6.45) is 0. The Balaban J connectivity index is 3.03. The van der Waals surface area contributed by atoms with E-state index in [1.807, 2.05) is 13.0 Å². The van der Waals surface area contributed by atoms with Gasteiger partial charge in [0.25, 0.3) is 0 Å². The molecular formula is C12H14. The van der Waals surface area contributed by atoms with Gasteiger partial charge in [0.2, 0.25) is 0 Å². The minimum absolute atomic E-state index is 0.0178. The summed E-state index contributed by atoms with van der Waals surface area (Å²) in [5.41, 5.74) is 1.26. The smallest absolute Gasteiger partial charge is 0.0506 e. The molecule has 0 radical (unpaired) electrons. The van der Waals surface area contributed by atoms with E-state index in [1.54, 1.807) is 0 Å². The van der Waals surface area contributed by atoms with Crippen molar-refractivity contribution in [2.75, 3.05) is 0 Å². The second kappa shape index (κ2) is 3.45. The molecule has 0 atom stereocenters. The molecule has 0 bridgehead atoms. The normalized spacial score (nSPS) is 10.2. The SMILES string of the molecule is CC#CC(C)(C)c1ccccc1. The van der Waals surface area contributed by atoms with Crippen LogP contribution in [0.2, 0.25) is 0 Å². The Morgan fingerprint density at radius 2 is 1.67 bits per heavy atom. The van der Waals surface area contributed by atoms with Gasteiger partial charge in [0.1, 0.15) is 0 Å². The lowest BCUT2D eigenvalue weighted by molar-refractivity contribution is 0.698. The monoisotopic (exact) mass is 158 g/mol. The van der Waals surface area contributed by atoms with Crippen molar-refractivity contribution in [3.8, 4) is 11.8 Å². The number of rotatable bonds is 1. The third-order valence-electron chi connectivity index (χ3n) is 1.93. The van der Waals surface area contributed by atoms with Gasteiger partial charge in [0, 0.05) is 0 Å². The first kappa shape index (κ1) is 8.87. The molecule has 1 rings (SSSR count). The van der Waals surface area contributed by atoms with Crippen LogP contribution in [0.4, 0.5) is 0 Å². The van der Waals surface area contributed by atoms with Crippen LogP contribution in [-0.4, -0.2) is 0 Å². The zero-order valence-electron chi connectivity index (χ0n) is 7.89. The van der Waals surface area contributed by atoms with Gasteiger partial charge in [0.05, 0.1) is 5.41 Å². The minimum Gasteiger partial charge on any atom is -0.106 e. The van der Waals surface area contributed by atoms with Gasteiger partial charge in [-0.05, 0) is 26.3 Å². The molecule has 1 aromatic rings. The van der Waals surface area contributed by atoms with Crippen LogP contribution in [0.15, 0.2) is 30.3 Å². The number of benzene rings is 1. The van der Waals surface area contributed by atoms with Crippen molar-refractivity contribution in [1.82, 2.24) is 0 Å². The van der Waals surface area contributed by atoms with Gasteiger partial charge in [-0.2, -0.15) is 0 Å². The summed E-state index contributed by atoms with van der Waals surface area (Å²) in [5.74, 6) is 6.14. The molecule has 12 heavy (non-hydrogen) atoms. The van der Waals surface area contributed by atoms with Crippen molar-refractivity contribution in [3.05, 3.63) is 35.9 Å². The molecule has 0 aliphatic carbocycles. The summed E-state index contributed by atoms with van der Waals surface area (Å²) in [7, 11) is 0. The van der Waals surface area contributed by atoms with E-state index in [1.165, 1.54) is 5.56 Å². The quantitative estimate of drug-likeness (QED) is 0.551. The Kier molecular flexibility index (Phi) is 2.55. The Hall–Kier alpha value is -1.22. The summed E-state index contributed by atoms with van der Waals surface area (Å²) in [4.78, 5) is 0. The second-order valence-corrected chi connectivity index (χ2v) is 3.37. The molecule has 1 aromatic carbocycles. The predicted octanol–water partition coefficient (Wildman–Crippen LogP) is 2.99. The van der Waals surface area contributed by atoms with E-state index >= 15 is 0 Å². The first-order chi connectivity index (χ1) is 5.67. The van der Waals surface area contributed by atoms with Gasteiger partial charge in [-0.3, -0.25) is 0 Å². The maximum absolute atomic E-state index is 3.19. The van der Waals surface area contributed by atoms with Crippen LogP contribution in [0.1, 0.15) is 26.3 Å². The molecule has 0 heteroatoms. The maximum atomic E-state index is 3.19. The van der Waals surface area contributed by atoms with E-state index in [0.717, 1.165) is 0 Å². The fourth-order valence-electron chi connectivity index (χ4n) is 1.24. The molecule has 0 heterocycles. The topological polar surface area (TPSA) is 0 Å². The maximum Gasteiger partial charge on any atom is 0.0506 e. The van der Waals surface area contributed by atoms with Crippen LogP contribution in [0.25, 0.3) is 0 Å². The molecule has 0 amide bonds. The lowest BCUT2D eigenvalue weighted by Crippen LogP contribution is -2.13. The van der Waals surface area contributed by atoms with Gasteiger partial charge in [-0.15, -0.1) is 5.92 Å². The van der Waals surface area contributed by atoms with Crippen molar-refractivity contribution in [2.24, 2.45) is 0 Å². The van der Waals surface area contributed by atoms with E-state index in [2.05, 4.69) is 50.0 Å². The van der Waals surface area contributed by atoms with E-state index < -0.39 is 0 Å². The lowest BCUT2D eigenvalue weighted by atomic mass is 9.85. The highest BCUT2D eigenvalue weighted by Gasteiger charge is 2.15. The molecule has 0 fully saturated rings. The summed E-state index contributed by atoms with van der Waals surface area (Å²) in [5, 5.41) is 0. The zero-order valence-corrected chi connectivity index (χ0v) is 7.89. The Labute approximate surface area is 74.6 Å². The lowest BCUT2D eigenvalue weighted by Gasteiger charge is -2.17. The van der Waals surface area contributed by atoms with E-state index in [-0.39, 0.29) is 5.41 Å². The van der Waals surface area contributed by atoms with Crippen molar-refractivity contribution in [2.45, 2.75) is 26.2 Å². The van der Waals surface area contributed by atoms with Crippen molar-refractivity contribution < 1.29 is 0 Å². The molecule has 0 N–H and O–H groups in total. The minimum atomic E-state index is -0.0178. The first-order valence-corrected chi connectivity index (χ1v) is 4.16. The Morgan fingerprint density at radius 1 is 1.08 bits per heavy atom. The van der Waals surface area contributed by atoms with Crippen LogP contribution >= 0.6 is 0 Å². The molecule has 0 saturated heterocycles. The third kappa shape index (κ3) is 1.89. The standard InChI is InChI=1S/C12H14/c1-4-10-12(2,3)11-8-6-5-7-9-11/h5-9H,1-3H3. The van der Waals surface area contributed by atoms with Crippen LogP contribution in [-0.2, 0) is 5.41 Å². The van der Waals surface area contributed by atoms with Crippen LogP contribution in [0.5, 0.6) is 0 Å². The summed E-state index contributed by atoms with van der Waals surface area (Å²) >= 11 is 0. The second-order valence-electron chi connectivity index (χ2n) is 3.37. The summed E-state index contributed by atoms with van der Waals surface area (Å²) in [6.45, 7) is 6.16. The fourth-order valence-corrected chi connectivity index (χ4v) is 1.24. The molecule has 0 aromatic heterocycles. The molecule has 62 valence electrons. The summed E-state index contributed by atoms with van der Waals surface area (Å²) < 4.78 is 0. The first-order valence-electron chi connectivity index (χ1n) is 4.16. The van der Waals surface area contributed by atoms with Crippen molar-refractivity contribution in [3.63, 3.8) is 0 Å². The highest BCUT2D eigenvalue weighted by molar-refractivity contribution is 5.32. The Morgan fingerprint density at radius 3 is 2.17 bits per heavy atom. The van der Waals surface area contributed by atoms with Gasteiger partial charge >= 0.3 is 0 Å². The number of hydrogen-bond donors (Lipinski definition) is 0. The highest BCUT2D eigenvalue weighted by Crippen LogP contribution is 2.21. The van der Waals surface area contributed by atoms with Crippen LogP contribution in [0, 0.1) is 11.8 Å². The number of hydrogen-bond acceptors (Lipinski definition) is 0. The zero-order chi connectivity index (χ0) is 9.03. The average molecular weight is 158 g/mol. The van der Waals surface area contributed by atoms with Crippen LogP contribution < -0.4 is 0 Å². The van der Waals surface area contributed by atoms with E-state index in [0.29, 0.717) is 0 Å². The van der Waals surface area contributed by atoms with Crippen molar-refractivity contribution in [1.29, 1.82) is 0 Å².